The molecule has 0 amide bonds. The Balaban J connectivity index is 1.91. The average Bonchev–Trinajstić information content (AvgIpc) is 2.95. The van der Waals surface area contributed by atoms with E-state index in [1.807, 2.05) is 24.0 Å². The van der Waals surface area contributed by atoms with Gasteiger partial charge in [-0.3, -0.25) is 4.68 Å². The highest BCUT2D eigenvalue weighted by atomic mass is 16.5. The van der Waals surface area contributed by atoms with Gasteiger partial charge in [-0.05, 0) is 6.07 Å². The second kappa shape index (κ2) is 6.27. The number of aryl methyl sites for hydroxylation is 1. The first-order chi connectivity index (χ1) is 8.79. The maximum absolute atomic E-state index is 4.97. The lowest BCUT2D eigenvalue weighted by Crippen LogP contribution is -2.21. The molecule has 0 saturated carbocycles. The summed E-state index contributed by atoms with van der Waals surface area (Å²) in [6, 6.07) is 1.98. The van der Waals surface area contributed by atoms with Crippen LogP contribution in [0.2, 0.25) is 0 Å². The summed E-state index contributed by atoms with van der Waals surface area (Å²) in [4.78, 5) is 4.23. The van der Waals surface area contributed by atoms with E-state index in [1.165, 1.54) is 0 Å². The largest absolute Gasteiger partial charge is 0.383 e. The van der Waals surface area contributed by atoms with E-state index in [1.54, 1.807) is 18.1 Å². The maximum Gasteiger partial charge on any atom is 0.141 e. The second-order valence-electron chi connectivity index (χ2n) is 3.98. The SMILES string of the molecule is COCCNCc1ncnn1Cc1ccn(C)n1. The molecule has 18 heavy (non-hydrogen) atoms. The number of hydrogen-bond acceptors (Lipinski definition) is 5. The summed E-state index contributed by atoms with van der Waals surface area (Å²) in [7, 11) is 3.59. The summed E-state index contributed by atoms with van der Waals surface area (Å²) in [6.45, 7) is 2.81. The first-order valence-electron chi connectivity index (χ1n) is 5.84. The monoisotopic (exact) mass is 250 g/mol. The van der Waals surface area contributed by atoms with Crippen molar-refractivity contribution in [3.63, 3.8) is 0 Å². The Hall–Kier alpha value is -1.73. The van der Waals surface area contributed by atoms with Gasteiger partial charge in [-0.2, -0.15) is 10.2 Å². The van der Waals surface area contributed by atoms with Crippen molar-refractivity contribution in [2.75, 3.05) is 20.3 Å². The van der Waals surface area contributed by atoms with Gasteiger partial charge >= 0.3 is 0 Å². The van der Waals surface area contributed by atoms with E-state index in [-0.39, 0.29) is 0 Å². The van der Waals surface area contributed by atoms with Crippen molar-refractivity contribution in [1.82, 2.24) is 29.9 Å². The number of ether oxygens (including phenoxy) is 1. The van der Waals surface area contributed by atoms with Crippen LogP contribution in [0.4, 0.5) is 0 Å². The fourth-order valence-corrected chi connectivity index (χ4v) is 1.63. The zero-order chi connectivity index (χ0) is 12.8. The van der Waals surface area contributed by atoms with E-state index in [0.29, 0.717) is 19.7 Å². The van der Waals surface area contributed by atoms with Crippen LogP contribution in [-0.4, -0.2) is 44.8 Å². The first-order valence-corrected chi connectivity index (χ1v) is 5.84. The van der Waals surface area contributed by atoms with E-state index in [9.17, 15) is 0 Å². The van der Waals surface area contributed by atoms with Gasteiger partial charge in [0.2, 0.25) is 0 Å². The second-order valence-corrected chi connectivity index (χ2v) is 3.98. The molecule has 0 radical (unpaired) electrons. The molecule has 2 heterocycles. The fraction of sp³-hybridized carbons (Fsp3) is 0.545. The van der Waals surface area contributed by atoms with Crippen LogP contribution in [0.5, 0.6) is 0 Å². The third-order valence-corrected chi connectivity index (χ3v) is 2.54. The van der Waals surface area contributed by atoms with Crippen molar-refractivity contribution in [1.29, 1.82) is 0 Å². The molecule has 0 aliphatic heterocycles. The van der Waals surface area contributed by atoms with Gasteiger partial charge in [-0.25, -0.2) is 9.67 Å². The molecule has 0 aliphatic carbocycles. The van der Waals surface area contributed by atoms with Crippen LogP contribution in [0, 0.1) is 0 Å². The third kappa shape index (κ3) is 3.38. The Morgan fingerprint density at radius 2 is 2.33 bits per heavy atom. The molecule has 0 saturated heterocycles. The lowest BCUT2D eigenvalue weighted by atomic mass is 10.4. The van der Waals surface area contributed by atoms with Gasteiger partial charge < -0.3 is 10.1 Å². The van der Waals surface area contributed by atoms with Crippen LogP contribution < -0.4 is 5.32 Å². The van der Waals surface area contributed by atoms with Crippen LogP contribution in [0.15, 0.2) is 18.6 Å². The quantitative estimate of drug-likeness (QED) is 0.689. The Morgan fingerprint density at radius 3 is 3.06 bits per heavy atom. The van der Waals surface area contributed by atoms with Crippen LogP contribution in [-0.2, 0) is 24.9 Å². The number of methoxy groups -OCH3 is 1. The van der Waals surface area contributed by atoms with E-state index >= 15 is 0 Å². The van der Waals surface area contributed by atoms with Crippen LogP contribution in [0.3, 0.4) is 0 Å². The molecule has 0 spiro atoms. The summed E-state index contributed by atoms with van der Waals surface area (Å²) < 4.78 is 8.60. The van der Waals surface area contributed by atoms with Crippen molar-refractivity contribution in [3.05, 3.63) is 30.1 Å². The van der Waals surface area contributed by atoms with Crippen LogP contribution >= 0.6 is 0 Å². The zero-order valence-corrected chi connectivity index (χ0v) is 10.7. The van der Waals surface area contributed by atoms with Gasteiger partial charge in [0.1, 0.15) is 12.2 Å². The number of nitrogens with one attached hydrogen (secondary N) is 1. The smallest absolute Gasteiger partial charge is 0.141 e. The molecule has 0 unspecified atom stereocenters. The minimum Gasteiger partial charge on any atom is -0.383 e. The molecule has 2 aromatic heterocycles. The van der Waals surface area contributed by atoms with Crippen molar-refractivity contribution in [2.24, 2.45) is 7.05 Å². The lowest BCUT2D eigenvalue weighted by molar-refractivity contribution is 0.198. The standard InChI is InChI=1S/C11H18N6O/c1-16-5-3-10(15-16)8-17-11(13-9-14-17)7-12-4-6-18-2/h3,5,9,12H,4,6-8H2,1-2H3. The fourth-order valence-electron chi connectivity index (χ4n) is 1.63. The van der Waals surface area contributed by atoms with Gasteiger partial charge in [0.15, 0.2) is 0 Å². The van der Waals surface area contributed by atoms with Gasteiger partial charge in [0.05, 0.1) is 25.4 Å². The molecule has 7 heteroatoms. The normalized spacial score (nSPS) is 11.0. The van der Waals surface area contributed by atoms with Crippen molar-refractivity contribution in [2.45, 2.75) is 13.1 Å². The van der Waals surface area contributed by atoms with E-state index in [2.05, 4.69) is 20.5 Å². The van der Waals surface area contributed by atoms with Crippen LogP contribution in [0.25, 0.3) is 0 Å². The van der Waals surface area contributed by atoms with Crippen molar-refractivity contribution in [3.8, 4) is 0 Å². The maximum atomic E-state index is 4.97. The van der Waals surface area contributed by atoms with E-state index in [4.69, 9.17) is 4.74 Å². The summed E-state index contributed by atoms with van der Waals surface area (Å²) in [6.07, 6.45) is 3.49. The predicted octanol–water partition coefficient (Wildman–Crippen LogP) is -0.204. The molecular formula is C11H18N6O. The van der Waals surface area contributed by atoms with E-state index < -0.39 is 0 Å². The predicted molar refractivity (Wildman–Crippen MR) is 65.9 cm³/mol. The Morgan fingerprint density at radius 1 is 1.44 bits per heavy atom. The molecule has 1 N–H and O–H groups in total. The molecule has 2 rings (SSSR count). The topological polar surface area (TPSA) is 69.8 Å². The Kier molecular flexibility index (Phi) is 4.43. The molecule has 0 fully saturated rings. The van der Waals surface area contributed by atoms with Crippen molar-refractivity contribution >= 4 is 0 Å². The Labute approximate surface area is 106 Å². The van der Waals surface area contributed by atoms with Gasteiger partial charge in [-0.15, -0.1) is 0 Å². The first kappa shape index (κ1) is 12.7. The van der Waals surface area contributed by atoms with Crippen molar-refractivity contribution < 1.29 is 4.74 Å². The number of hydrogen-bond donors (Lipinski definition) is 1. The van der Waals surface area contributed by atoms with E-state index in [0.717, 1.165) is 18.1 Å². The number of aromatic nitrogens is 5. The summed E-state index contributed by atoms with van der Waals surface area (Å²) in [5.74, 6) is 0.900. The summed E-state index contributed by atoms with van der Waals surface area (Å²) in [5.41, 5.74) is 0.973. The average molecular weight is 250 g/mol. The number of nitrogens with zero attached hydrogens (tertiary/aromatic N) is 5. The minimum atomic E-state index is 0.641. The number of rotatable bonds is 7. The molecule has 0 bridgehead atoms. The molecular weight excluding hydrogens is 232 g/mol. The lowest BCUT2D eigenvalue weighted by Gasteiger charge is -2.05. The molecule has 0 aliphatic rings. The molecule has 7 nitrogen and oxygen atoms in total. The molecule has 98 valence electrons. The molecule has 0 aromatic carbocycles. The highest BCUT2D eigenvalue weighted by Crippen LogP contribution is 2.00. The highest BCUT2D eigenvalue weighted by molar-refractivity contribution is 5.00. The highest BCUT2D eigenvalue weighted by Gasteiger charge is 2.06. The summed E-state index contributed by atoms with van der Waals surface area (Å²) in [5, 5.41) is 11.8. The minimum absolute atomic E-state index is 0.641. The van der Waals surface area contributed by atoms with Gasteiger partial charge in [-0.1, -0.05) is 0 Å². The van der Waals surface area contributed by atoms with Gasteiger partial charge in [0, 0.05) is 26.9 Å². The molecule has 0 atom stereocenters. The third-order valence-electron chi connectivity index (χ3n) is 2.54. The molecule has 2 aromatic rings. The zero-order valence-electron chi connectivity index (χ0n) is 10.7. The van der Waals surface area contributed by atoms with Crippen LogP contribution in [0.1, 0.15) is 11.5 Å². The Bertz CT molecular complexity index is 477. The van der Waals surface area contributed by atoms with Gasteiger partial charge in [0.25, 0.3) is 0 Å². The summed E-state index contributed by atoms with van der Waals surface area (Å²) >= 11 is 0.